The summed E-state index contributed by atoms with van der Waals surface area (Å²) in [5.74, 6) is 0.686. The van der Waals surface area contributed by atoms with Crippen molar-refractivity contribution in [1.29, 1.82) is 0 Å². The van der Waals surface area contributed by atoms with E-state index in [0.717, 1.165) is 18.6 Å². The van der Waals surface area contributed by atoms with Gasteiger partial charge in [0, 0.05) is 18.3 Å². The summed E-state index contributed by atoms with van der Waals surface area (Å²) in [7, 11) is 0. The molecule has 0 aliphatic rings. The highest BCUT2D eigenvalue weighted by Gasteiger charge is 2.01. The second-order valence-electron chi connectivity index (χ2n) is 4.13. The zero-order valence-electron chi connectivity index (χ0n) is 10.3. The topological polar surface area (TPSA) is 48.1 Å². The molecule has 0 aliphatic carbocycles. The first-order chi connectivity index (χ1) is 7.74. The molecule has 0 radical (unpaired) electrons. The number of nitrogens with two attached hydrogens (primary N) is 1. The molecule has 1 heterocycles. The van der Waals surface area contributed by atoms with Crippen LogP contribution in [0, 0.1) is 0 Å². The fourth-order valence-electron chi connectivity index (χ4n) is 1.49. The van der Waals surface area contributed by atoms with E-state index in [-0.39, 0.29) is 6.04 Å². The Morgan fingerprint density at radius 3 is 2.88 bits per heavy atom. The Labute approximate surface area is 98.0 Å². The van der Waals surface area contributed by atoms with Gasteiger partial charge in [-0.3, -0.25) is 0 Å². The molecule has 0 saturated heterocycles. The molecule has 0 spiro atoms. The van der Waals surface area contributed by atoms with Crippen LogP contribution in [-0.4, -0.2) is 11.6 Å². The molecule has 1 aromatic heterocycles. The van der Waals surface area contributed by atoms with Crippen LogP contribution >= 0.6 is 0 Å². The largest absolute Gasteiger partial charge is 0.478 e. The van der Waals surface area contributed by atoms with Gasteiger partial charge in [-0.15, -0.1) is 0 Å². The van der Waals surface area contributed by atoms with Gasteiger partial charge >= 0.3 is 0 Å². The van der Waals surface area contributed by atoms with E-state index >= 15 is 0 Å². The van der Waals surface area contributed by atoms with Crippen molar-refractivity contribution < 1.29 is 4.74 Å². The Morgan fingerprint density at radius 1 is 1.38 bits per heavy atom. The molecular formula is C13H22N2O. The monoisotopic (exact) mass is 222 g/mol. The van der Waals surface area contributed by atoms with E-state index in [0.29, 0.717) is 5.88 Å². The minimum absolute atomic E-state index is 0.0328. The number of nitrogens with zero attached hydrogens (tertiary/aromatic N) is 1. The minimum atomic E-state index is 0.0328. The molecule has 0 aliphatic heterocycles. The molecular weight excluding hydrogens is 200 g/mol. The number of aromatic nitrogens is 1. The summed E-state index contributed by atoms with van der Waals surface area (Å²) in [6.45, 7) is 4.91. The Balaban J connectivity index is 2.33. The summed E-state index contributed by atoms with van der Waals surface area (Å²) in [4.78, 5) is 4.16. The lowest BCUT2D eigenvalue weighted by atomic mass is 10.1. The third kappa shape index (κ3) is 4.62. The molecule has 0 saturated carbocycles. The highest BCUT2D eigenvalue weighted by atomic mass is 16.5. The van der Waals surface area contributed by atoms with Gasteiger partial charge in [0.1, 0.15) is 0 Å². The van der Waals surface area contributed by atoms with Crippen LogP contribution in [0.5, 0.6) is 5.88 Å². The number of hydrogen-bond acceptors (Lipinski definition) is 3. The van der Waals surface area contributed by atoms with E-state index in [1.54, 1.807) is 6.20 Å². The molecule has 16 heavy (non-hydrogen) atoms. The highest BCUT2D eigenvalue weighted by molar-refractivity contribution is 5.22. The van der Waals surface area contributed by atoms with E-state index in [1.165, 1.54) is 19.3 Å². The smallest absolute Gasteiger partial charge is 0.213 e. The molecule has 0 fully saturated rings. The van der Waals surface area contributed by atoms with Crippen molar-refractivity contribution in [2.24, 2.45) is 5.73 Å². The van der Waals surface area contributed by atoms with Crippen molar-refractivity contribution in [2.45, 2.75) is 45.6 Å². The summed E-state index contributed by atoms with van der Waals surface area (Å²) < 4.78 is 5.58. The molecule has 1 atom stereocenters. The molecule has 90 valence electrons. The van der Waals surface area contributed by atoms with Crippen LogP contribution < -0.4 is 10.5 Å². The predicted octanol–water partition coefficient (Wildman–Crippen LogP) is 3.06. The van der Waals surface area contributed by atoms with Gasteiger partial charge in [-0.1, -0.05) is 26.2 Å². The lowest BCUT2D eigenvalue weighted by molar-refractivity contribution is 0.293. The zero-order chi connectivity index (χ0) is 11.8. The second kappa shape index (κ2) is 7.23. The van der Waals surface area contributed by atoms with Gasteiger partial charge in [0.25, 0.3) is 0 Å². The van der Waals surface area contributed by atoms with E-state index in [1.807, 2.05) is 19.1 Å². The average molecular weight is 222 g/mol. The van der Waals surface area contributed by atoms with Crippen LogP contribution in [0.3, 0.4) is 0 Å². The standard InChI is InChI=1S/C13H22N2O/c1-3-4-5-6-9-16-13-10-12(11(2)14)7-8-15-13/h7-8,10-11H,3-6,9,14H2,1-2H3/t11-/m1/s1. The molecule has 0 aromatic carbocycles. The van der Waals surface area contributed by atoms with E-state index in [9.17, 15) is 0 Å². The zero-order valence-corrected chi connectivity index (χ0v) is 10.3. The molecule has 3 heteroatoms. The van der Waals surface area contributed by atoms with E-state index < -0.39 is 0 Å². The van der Waals surface area contributed by atoms with Gasteiger partial charge in [-0.25, -0.2) is 4.98 Å². The maximum atomic E-state index is 5.79. The highest BCUT2D eigenvalue weighted by Crippen LogP contribution is 2.14. The molecule has 2 N–H and O–H groups in total. The van der Waals surface area contributed by atoms with Crippen LogP contribution in [0.4, 0.5) is 0 Å². The number of hydrogen-bond donors (Lipinski definition) is 1. The van der Waals surface area contributed by atoms with E-state index in [2.05, 4.69) is 11.9 Å². The molecule has 0 amide bonds. The first-order valence-corrected chi connectivity index (χ1v) is 6.08. The van der Waals surface area contributed by atoms with Gasteiger partial charge in [0.15, 0.2) is 0 Å². The van der Waals surface area contributed by atoms with Gasteiger partial charge in [-0.2, -0.15) is 0 Å². The predicted molar refractivity (Wildman–Crippen MR) is 66.5 cm³/mol. The lowest BCUT2D eigenvalue weighted by Gasteiger charge is -2.08. The van der Waals surface area contributed by atoms with Crippen molar-refractivity contribution in [3.05, 3.63) is 23.9 Å². The lowest BCUT2D eigenvalue weighted by Crippen LogP contribution is -2.06. The number of rotatable bonds is 7. The van der Waals surface area contributed by atoms with E-state index in [4.69, 9.17) is 10.5 Å². The van der Waals surface area contributed by atoms with Gasteiger partial charge < -0.3 is 10.5 Å². The van der Waals surface area contributed by atoms with Crippen molar-refractivity contribution in [1.82, 2.24) is 4.98 Å². The Bertz CT molecular complexity index is 300. The molecule has 1 aromatic rings. The van der Waals surface area contributed by atoms with Crippen LogP contribution in [0.25, 0.3) is 0 Å². The Hall–Kier alpha value is -1.09. The third-order valence-electron chi connectivity index (χ3n) is 2.53. The van der Waals surface area contributed by atoms with Crippen LogP contribution in [0.1, 0.15) is 51.1 Å². The second-order valence-corrected chi connectivity index (χ2v) is 4.13. The summed E-state index contributed by atoms with van der Waals surface area (Å²) >= 11 is 0. The fraction of sp³-hybridized carbons (Fsp3) is 0.615. The van der Waals surface area contributed by atoms with Gasteiger partial charge in [0.05, 0.1) is 6.61 Å². The van der Waals surface area contributed by atoms with Crippen molar-refractivity contribution >= 4 is 0 Å². The van der Waals surface area contributed by atoms with Crippen LogP contribution in [0.15, 0.2) is 18.3 Å². The minimum Gasteiger partial charge on any atom is -0.478 e. The quantitative estimate of drug-likeness (QED) is 0.721. The summed E-state index contributed by atoms with van der Waals surface area (Å²) in [5.41, 5.74) is 6.86. The Kier molecular flexibility index (Phi) is 5.86. The summed E-state index contributed by atoms with van der Waals surface area (Å²) in [5, 5.41) is 0. The number of pyridine rings is 1. The van der Waals surface area contributed by atoms with Crippen molar-refractivity contribution in [3.63, 3.8) is 0 Å². The molecule has 0 bridgehead atoms. The first-order valence-electron chi connectivity index (χ1n) is 6.08. The van der Waals surface area contributed by atoms with Gasteiger partial charge in [-0.05, 0) is 25.0 Å². The number of ether oxygens (including phenoxy) is 1. The normalized spacial score (nSPS) is 12.4. The summed E-state index contributed by atoms with van der Waals surface area (Å²) in [6.07, 6.45) is 6.59. The molecule has 0 unspecified atom stereocenters. The van der Waals surface area contributed by atoms with Gasteiger partial charge in [0.2, 0.25) is 5.88 Å². The van der Waals surface area contributed by atoms with Crippen LogP contribution in [0.2, 0.25) is 0 Å². The maximum absolute atomic E-state index is 5.79. The SMILES string of the molecule is CCCCCCOc1cc([C@@H](C)N)ccn1. The summed E-state index contributed by atoms with van der Waals surface area (Å²) in [6, 6.07) is 3.88. The third-order valence-corrected chi connectivity index (χ3v) is 2.53. The Morgan fingerprint density at radius 2 is 2.19 bits per heavy atom. The van der Waals surface area contributed by atoms with Crippen molar-refractivity contribution in [2.75, 3.05) is 6.61 Å². The number of unbranched alkanes of at least 4 members (excludes halogenated alkanes) is 3. The molecule has 1 rings (SSSR count). The van der Waals surface area contributed by atoms with Crippen molar-refractivity contribution in [3.8, 4) is 5.88 Å². The maximum Gasteiger partial charge on any atom is 0.213 e. The average Bonchev–Trinajstić information content (AvgIpc) is 2.29. The fourth-order valence-corrected chi connectivity index (χ4v) is 1.49. The molecule has 3 nitrogen and oxygen atoms in total. The van der Waals surface area contributed by atoms with Crippen LogP contribution in [-0.2, 0) is 0 Å². The first kappa shape index (κ1) is 13.0.